The minimum absolute atomic E-state index is 0.0131. The number of para-hydroxylation sites is 1. The summed E-state index contributed by atoms with van der Waals surface area (Å²) < 4.78 is 0. The van der Waals surface area contributed by atoms with E-state index in [-0.39, 0.29) is 24.7 Å². The van der Waals surface area contributed by atoms with E-state index in [4.69, 9.17) is 5.73 Å². The van der Waals surface area contributed by atoms with Crippen molar-refractivity contribution in [3.63, 3.8) is 0 Å². The second-order valence-electron chi connectivity index (χ2n) is 4.76. The van der Waals surface area contributed by atoms with E-state index < -0.39 is 10.3 Å². The summed E-state index contributed by atoms with van der Waals surface area (Å²) in [4.78, 5) is 22.7. The maximum atomic E-state index is 12.3. The lowest BCUT2D eigenvalue weighted by Crippen LogP contribution is -2.45. The fourth-order valence-corrected chi connectivity index (χ4v) is 2.15. The highest BCUT2D eigenvalue weighted by atomic mass is 16.6. The van der Waals surface area contributed by atoms with Crippen LogP contribution < -0.4 is 11.1 Å². The first-order valence-corrected chi connectivity index (χ1v) is 6.71. The van der Waals surface area contributed by atoms with Crippen LogP contribution in [0.25, 0.3) is 0 Å². The number of nitrogens with two attached hydrogens (primary N) is 1. The topological polar surface area (TPSA) is 98.3 Å². The minimum atomic E-state index is -0.594. The Balaban J connectivity index is 2.82. The van der Waals surface area contributed by atoms with Crippen LogP contribution in [0.5, 0.6) is 0 Å². The van der Waals surface area contributed by atoms with Gasteiger partial charge in [0.2, 0.25) is 5.91 Å². The number of nitrogens with zero attached hydrogens (tertiary/aromatic N) is 1. The SMILES string of the molecule is CCC(CC)(CN)C(=O)NCc1ccccc1[N+](=O)[O-]. The van der Waals surface area contributed by atoms with Crippen molar-refractivity contribution in [2.45, 2.75) is 33.2 Å². The van der Waals surface area contributed by atoms with Gasteiger partial charge < -0.3 is 11.1 Å². The number of nitro benzene ring substituents is 1. The molecule has 1 aromatic carbocycles. The van der Waals surface area contributed by atoms with Gasteiger partial charge in [0, 0.05) is 24.7 Å². The van der Waals surface area contributed by atoms with Crippen LogP contribution in [0.4, 0.5) is 5.69 Å². The Morgan fingerprint density at radius 3 is 2.45 bits per heavy atom. The third kappa shape index (κ3) is 3.33. The highest BCUT2D eigenvalue weighted by Crippen LogP contribution is 2.25. The molecule has 0 spiro atoms. The van der Waals surface area contributed by atoms with Crippen molar-refractivity contribution in [1.29, 1.82) is 0 Å². The number of carbonyl (C=O) groups is 1. The predicted molar refractivity (Wildman–Crippen MR) is 77.0 cm³/mol. The van der Waals surface area contributed by atoms with Gasteiger partial charge in [-0.05, 0) is 12.8 Å². The van der Waals surface area contributed by atoms with Gasteiger partial charge in [-0.15, -0.1) is 0 Å². The van der Waals surface area contributed by atoms with Gasteiger partial charge in [0.1, 0.15) is 0 Å². The molecule has 0 aliphatic carbocycles. The van der Waals surface area contributed by atoms with Crippen molar-refractivity contribution in [1.82, 2.24) is 5.32 Å². The van der Waals surface area contributed by atoms with E-state index in [2.05, 4.69) is 5.32 Å². The first kappa shape index (κ1) is 16.1. The van der Waals surface area contributed by atoms with Crippen molar-refractivity contribution in [3.8, 4) is 0 Å². The molecule has 1 aromatic rings. The molecule has 0 saturated heterocycles. The first-order chi connectivity index (χ1) is 9.50. The molecule has 6 heteroatoms. The van der Waals surface area contributed by atoms with E-state index in [0.29, 0.717) is 18.4 Å². The molecule has 3 N–H and O–H groups in total. The molecule has 0 fully saturated rings. The number of carbonyl (C=O) groups excluding carboxylic acids is 1. The Kier molecular flexibility index (Phi) is 5.64. The molecule has 0 saturated carbocycles. The average Bonchev–Trinajstić information content (AvgIpc) is 2.47. The van der Waals surface area contributed by atoms with Gasteiger partial charge in [0.05, 0.1) is 10.3 Å². The van der Waals surface area contributed by atoms with Gasteiger partial charge >= 0.3 is 0 Å². The van der Waals surface area contributed by atoms with E-state index in [1.54, 1.807) is 18.2 Å². The van der Waals surface area contributed by atoms with Gasteiger partial charge in [0.25, 0.3) is 5.69 Å². The quantitative estimate of drug-likeness (QED) is 0.589. The van der Waals surface area contributed by atoms with Crippen molar-refractivity contribution < 1.29 is 9.72 Å². The van der Waals surface area contributed by atoms with Crippen molar-refractivity contribution in [2.75, 3.05) is 6.54 Å². The maximum absolute atomic E-state index is 12.3. The number of amides is 1. The monoisotopic (exact) mass is 279 g/mol. The molecule has 0 aromatic heterocycles. The summed E-state index contributed by atoms with van der Waals surface area (Å²) >= 11 is 0. The highest BCUT2D eigenvalue weighted by molar-refractivity contribution is 5.82. The molecule has 6 nitrogen and oxygen atoms in total. The number of rotatable bonds is 7. The molecule has 0 radical (unpaired) electrons. The average molecular weight is 279 g/mol. The Morgan fingerprint density at radius 2 is 1.95 bits per heavy atom. The van der Waals surface area contributed by atoms with Crippen LogP contribution in [0, 0.1) is 15.5 Å². The molecule has 1 amide bonds. The van der Waals surface area contributed by atoms with Gasteiger partial charge in [-0.3, -0.25) is 14.9 Å². The second-order valence-corrected chi connectivity index (χ2v) is 4.76. The maximum Gasteiger partial charge on any atom is 0.274 e. The molecule has 0 heterocycles. The van der Waals surface area contributed by atoms with Gasteiger partial charge in [-0.1, -0.05) is 32.0 Å². The summed E-state index contributed by atoms with van der Waals surface area (Å²) in [5.41, 5.74) is 5.62. The molecule has 0 aliphatic rings. The van der Waals surface area contributed by atoms with E-state index in [9.17, 15) is 14.9 Å². The lowest BCUT2D eigenvalue weighted by molar-refractivity contribution is -0.385. The number of nitrogens with one attached hydrogen (secondary N) is 1. The Hall–Kier alpha value is -1.95. The number of hydrogen-bond acceptors (Lipinski definition) is 4. The molecule has 110 valence electrons. The Morgan fingerprint density at radius 1 is 1.35 bits per heavy atom. The minimum Gasteiger partial charge on any atom is -0.351 e. The molecule has 0 aliphatic heterocycles. The highest BCUT2D eigenvalue weighted by Gasteiger charge is 2.33. The fraction of sp³-hybridized carbons (Fsp3) is 0.500. The zero-order chi connectivity index (χ0) is 15.2. The molecule has 1 rings (SSSR count). The van der Waals surface area contributed by atoms with E-state index in [0.717, 1.165) is 0 Å². The summed E-state index contributed by atoms with van der Waals surface area (Å²) in [6.45, 7) is 4.24. The Bertz CT molecular complexity index is 476. The fourth-order valence-electron chi connectivity index (χ4n) is 2.15. The van der Waals surface area contributed by atoms with Crippen LogP contribution in [-0.2, 0) is 11.3 Å². The van der Waals surface area contributed by atoms with Crippen LogP contribution in [-0.4, -0.2) is 17.4 Å². The number of hydrogen-bond donors (Lipinski definition) is 2. The number of nitro groups is 1. The third-order valence-electron chi connectivity index (χ3n) is 3.85. The molecule has 0 unspecified atom stereocenters. The first-order valence-electron chi connectivity index (χ1n) is 6.71. The molecular formula is C14H21N3O3. The largest absolute Gasteiger partial charge is 0.351 e. The van der Waals surface area contributed by atoms with Crippen molar-refractivity contribution in [3.05, 3.63) is 39.9 Å². The lowest BCUT2D eigenvalue weighted by Gasteiger charge is -2.28. The van der Waals surface area contributed by atoms with Gasteiger partial charge in [-0.2, -0.15) is 0 Å². The van der Waals surface area contributed by atoms with Crippen LogP contribution >= 0.6 is 0 Å². The molecule has 0 bridgehead atoms. The predicted octanol–water partition coefficient (Wildman–Crippen LogP) is 1.98. The molecule has 0 atom stereocenters. The van der Waals surface area contributed by atoms with Crippen LogP contribution in [0.1, 0.15) is 32.3 Å². The van der Waals surface area contributed by atoms with E-state index in [1.165, 1.54) is 6.07 Å². The Labute approximate surface area is 118 Å². The normalized spacial score (nSPS) is 11.2. The summed E-state index contributed by atoms with van der Waals surface area (Å²) in [5, 5.41) is 13.7. The smallest absolute Gasteiger partial charge is 0.274 e. The van der Waals surface area contributed by atoms with Crippen LogP contribution in [0.2, 0.25) is 0 Å². The summed E-state index contributed by atoms with van der Waals surface area (Å²) in [7, 11) is 0. The van der Waals surface area contributed by atoms with Crippen molar-refractivity contribution >= 4 is 11.6 Å². The summed E-state index contributed by atoms with van der Waals surface area (Å²) in [5.74, 6) is -0.150. The summed E-state index contributed by atoms with van der Waals surface area (Å²) in [6.07, 6.45) is 1.28. The zero-order valence-corrected chi connectivity index (χ0v) is 11.9. The number of benzene rings is 1. The second kappa shape index (κ2) is 7.00. The van der Waals surface area contributed by atoms with Gasteiger partial charge in [-0.25, -0.2) is 0 Å². The van der Waals surface area contributed by atoms with E-state index in [1.807, 2.05) is 13.8 Å². The molecule has 20 heavy (non-hydrogen) atoms. The van der Waals surface area contributed by atoms with Gasteiger partial charge in [0.15, 0.2) is 0 Å². The third-order valence-corrected chi connectivity index (χ3v) is 3.85. The molecular weight excluding hydrogens is 258 g/mol. The summed E-state index contributed by atoms with van der Waals surface area (Å²) in [6, 6.07) is 6.38. The van der Waals surface area contributed by atoms with Crippen LogP contribution in [0.3, 0.4) is 0 Å². The standard InChI is InChI=1S/C14H21N3O3/c1-3-14(4-2,10-15)13(18)16-9-11-7-5-6-8-12(11)17(19)20/h5-8H,3-4,9-10,15H2,1-2H3,(H,16,18). The lowest BCUT2D eigenvalue weighted by atomic mass is 9.81. The van der Waals surface area contributed by atoms with Crippen molar-refractivity contribution in [2.24, 2.45) is 11.1 Å². The van der Waals surface area contributed by atoms with Crippen LogP contribution in [0.15, 0.2) is 24.3 Å². The van der Waals surface area contributed by atoms with E-state index >= 15 is 0 Å². The zero-order valence-electron chi connectivity index (χ0n) is 11.9.